The Bertz CT molecular complexity index is 991. The molecule has 0 spiro atoms. The molecule has 0 atom stereocenters. The number of hydrogen-bond acceptors (Lipinski definition) is 7. The summed E-state index contributed by atoms with van der Waals surface area (Å²) in [4.78, 5) is 16.7. The minimum Gasteiger partial charge on any atom is -0.493 e. The Morgan fingerprint density at radius 3 is 2.40 bits per heavy atom. The van der Waals surface area contributed by atoms with Gasteiger partial charge in [0.15, 0.2) is 11.5 Å². The number of anilines is 1. The molecule has 8 heteroatoms. The van der Waals surface area contributed by atoms with Gasteiger partial charge >= 0.3 is 0 Å². The summed E-state index contributed by atoms with van der Waals surface area (Å²) in [7, 11) is 4.62. The molecule has 1 heterocycles. The maximum atomic E-state index is 12.2. The molecule has 0 aliphatic carbocycles. The molecule has 0 aliphatic rings. The lowest BCUT2D eigenvalue weighted by Gasteiger charge is -2.12. The highest BCUT2D eigenvalue weighted by Gasteiger charge is 2.19. The summed E-state index contributed by atoms with van der Waals surface area (Å²) in [6.07, 6.45) is 2.25. The van der Waals surface area contributed by atoms with Crippen molar-refractivity contribution in [3.63, 3.8) is 0 Å². The van der Waals surface area contributed by atoms with Gasteiger partial charge in [-0.05, 0) is 30.7 Å². The number of amides is 1. The van der Waals surface area contributed by atoms with Crippen LogP contribution in [0.15, 0.2) is 40.9 Å². The van der Waals surface area contributed by atoms with E-state index in [1.807, 2.05) is 31.2 Å². The van der Waals surface area contributed by atoms with Gasteiger partial charge in [0, 0.05) is 12.0 Å². The maximum Gasteiger partial charge on any atom is 0.260 e. The lowest BCUT2D eigenvalue weighted by Crippen LogP contribution is -2.11. The molecule has 0 unspecified atom stereocenters. The van der Waals surface area contributed by atoms with Gasteiger partial charge in [-0.1, -0.05) is 30.6 Å². The second-order valence-corrected chi connectivity index (χ2v) is 6.53. The van der Waals surface area contributed by atoms with Crippen LogP contribution in [0.25, 0.3) is 22.8 Å². The molecule has 8 nitrogen and oxygen atoms in total. The van der Waals surface area contributed by atoms with Crippen LogP contribution in [-0.4, -0.2) is 37.4 Å². The predicted molar refractivity (Wildman–Crippen MR) is 113 cm³/mol. The molecule has 1 amide bonds. The molecule has 0 fully saturated rings. The average molecular weight is 411 g/mol. The fraction of sp³-hybridized carbons (Fsp3) is 0.318. The summed E-state index contributed by atoms with van der Waals surface area (Å²) in [5.74, 6) is 2.06. The Morgan fingerprint density at radius 1 is 1.07 bits per heavy atom. The van der Waals surface area contributed by atoms with Gasteiger partial charge in [-0.2, -0.15) is 4.98 Å². The predicted octanol–water partition coefficient (Wildman–Crippen LogP) is 4.56. The van der Waals surface area contributed by atoms with E-state index in [2.05, 4.69) is 15.5 Å². The van der Waals surface area contributed by atoms with Gasteiger partial charge in [0.05, 0.1) is 32.6 Å². The smallest absolute Gasteiger partial charge is 0.260 e. The monoisotopic (exact) mass is 411 g/mol. The van der Waals surface area contributed by atoms with Crippen LogP contribution >= 0.6 is 0 Å². The quantitative estimate of drug-likeness (QED) is 0.551. The van der Waals surface area contributed by atoms with Crippen LogP contribution in [0.4, 0.5) is 5.69 Å². The molecule has 1 N–H and O–H groups in total. The Balaban J connectivity index is 1.94. The van der Waals surface area contributed by atoms with Gasteiger partial charge in [-0.25, -0.2) is 0 Å². The molecule has 30 heavy (non-hydrogen) atoms. The fourth-order valence-corrected chi connectivity index (χ4v) is 2.99. The minimum absolute atomic E-state index is 0.0475. The van der Waals surface area contributed by atoms with Crippen LogP contribution in [0.1, 0.15) is 26.2 Å². The summed E-state index contributed by atoms with van der Waals surface area (Å²) >= 11 is 0. The summed E-state index contributed by atoms with van der Waals surface area (Å²) in [6.45, 7) is 2.05. The number of para-hydroxylation sites is 1. The van der Waals surface area contributed by atoms with Crippen molar-refractivity contribution in [2.75, 3.05) is 26.6 Å². The molecule has 2 aromatic carbocycles. The van der Waals surface area contributed by atoms with Crippen molar-refractivity contribution in [1.82, 2.24) is 10.1 Å². The maximum absolute atomic E-state index is 12.2. The van der Waals surface area contributed by atoms with Crippen molar-refractivity contribution in [1.29, 1.82) is 0 Å². The minimum atomic E-state index is -0.0475. The molecule has 158 valence electrons. The highest BCUT2D eigenvalue weighted by atomic mass is 16.5. The van der Waals surface area contributed by atoms with Crippen LogP contribution in [0, 0.1) is 0 Å². The van der Waals surface area contributed by atoms with Crippen molar-refractivity contribution >= 4 is 11.6 Å². The van der Waals surface area contributed by atoms with E-state index in [0.29, 0.717) is 52.2 Å². The van der Waals surface area contributed by atoms with E-state index >= 15 is 0 Å². The molecule has 1 aromatic heterocycles. The topological polar surface area (TPSA) is 95.7 Å². The summed E-state index contributed by atoms with van der Waals surface area (Å²) in [5, 5.41) is 7.01. The lowest BCUT2D eigenvalue weighted by molar-refractivity contribution is -0.116. The second-order valence-electron chi connectivity index (χ2n) is 6.53. The van der Waals surface area contributed by atoms with Crippen LogP contribution in [-0.2, 0) is 4.79 Å². The van der Waals surface area contributed by atoms with Gasteiger partial charge < -0.3 is 24.1 Å². The Morgan fingerprint density at radius 2 is 1.77 bits per heavy atom. The third-order valence-corrected chi connectivity index (χ3v) is 4.54. The average Bonchev–Trinajstić information content (AvgIpc) is 3.27. The van der Waals surface area contributed by atoms with Gasteiger partial charge in [-0.15, -0.1) is 0 Å². The number of nitrogens with zero attached hydrogens (tertiary/aromatic N) is 2. The molecular weight excluding hydrogens is 386 g/mol. The van der Waals surface area contributed by atoms with Crippen LogP contribution in [0.2, 0.25) is 0 Å². The number of ether oxygens (including phenoxy) is 3. The molecule has 0 radical (unpaired) electrons. The van der Waals surface area contributed by atoms with Gasteiger partial charge in [-0.3, -0.25) is 4.79 Å². The number of unbranched alkanes of at least 4 members (excludes halogenated alkanes) is 1. The molecule has 0 saturated heterocycles. The van der Waals surface area contributed by atoms with Crippen LogP contribution < -0.4 is 19.5 Å². The number of rotatable bonds is 9. The first-order chi connectivity index (χ1) is 14.6. The van der Waals surface area contributed by atoms with Crippen molar-refractivity contribution in [2.24, 2.45) is 0 Å². The molecule has 3 aromatic rings. The summed E-state index contributed by atoms with van der Waals surface area (Å²) in [6, 6.07) is 10.8. The van der Waals surface area contributed by atoms with Crippen molar-refractivity contribution in [2.45, 2.75) is 26.2 Å². The highest BCUT2D eigenvalue weighted by molar-refractivity contribution is 5.94. The number of benzene rings is 2. The van der Waals surface area contributed by atoms with E-state index < -0.39 is 0 Å². The largest absolute Gasteiger partial charge is 0.493 e. The summed E-state index contributed by atoms with van der Waals surface area (Å²) < 4.78 is 21.6. The van der Waals surface area contributed by atoms with Crippen LogP contribution in [0.5, 0.6) is 17.2 Å². The third-order valence-electron chi connectivity index (χ3n) is 4.54. The number of nitrogens with one attached hydrogen (secondary N) is 1. The van der Waals surface area contributed by atoms with Gasteiger partial charge in [0.2, 0.25) is 17.5 Å². The number of hydrogen-bond donors (Lipinski definition) is 1. The zero-order chi connectivity index (χ0) is 21.5. The Hall–Kier alpha value is -3.55. The molecule has 0 aliphatic heterocycles. The number of aromatic nitrogens is 2. The number of carbonyl (C=O) groups is 1. The Labute approximate surface area is 175 Å². The van der Waals surface area contributed by atoms with Crippen LogP contribution in [0.3, 0.4) is 0 Å². The first-order valence-electron chi connectivity index (χ1n) is 9.64. The number of methoxy groups -OCH3 is 3. The Kier molecular flexibility index (Phi) is 6.90. The zero-order valence-electron chi connectivity index (χ0n) is 17.5. The fourth-order valence-electron chi connectivity index (χ4n) is 2.99. The third kappa shape index (κ3) is 4.53. The van der Waals surface area contributed by atoms with E-state index in [1.165, 1.54) is 7.11 Å². The van der Waals surface area contributed by atoms with E-state index in [-0.39, 0.29) is 5.91 Å². The van der Waals surface area contributed by atoms with Crippen molar-refractivity contribution in [3.8, 4) is 40.1 Å². The van der Waals surface area contributed by atoms with E-state index in [1.54, 1.807) is 26.4 Å². The highest BCUT2D eigenvalue weighted by Crippen LogP contribution is 2.41. The molecule has 3 rings (SSSR count). The first kappa shape index (κ1) is 21.2. The summed E-state index contributed by atoms with van der Waals surface area (Å²) in [5.41, 5.74) is 1.91. The zero-order valence-corrected chi connectivity index (χ0v) is 17.5. The van der Waals surface area contributed by atoms with E-state index in [9.17, 15) is 4.79 Å². The van der Waals surface area contributed by atoms with Crippen molar-refractivity contribution < 1.29 is 23.5 Å². The van der Waals surface area contributed by atoms with E-state index in [0.717, 1.165) is 12.8 Å². The normalized spacial score (nSPS) is 10.5. The van der Waals surface area contributed by atoms with Crippen molar-refractivity contribution in [3.05, 3.63) is 36.4 Å². The standard InChI is InChI=1S/C22H25N3O5/c1-5-6-11-19(26)23-16-10-8-7-9-15(16)22-24-21(25-30-22)14-12-17(27-2)20(29-4)18(13-14)28-3/h7-10,12-13H,5-6,11H2,1-4H3,(H,23,26). The lowest BCUT2D eigenvalue weighted by atomic mass is 10.1. The SMILES string of the molecule is CCCCC(=O)Nc1ccccc1-c1nc(-c2cc(OC)c(OC)c(OC)c2)no1. The molecule has 0 saturated carbocycles. The van der Waals surface area contributed by atoms with E-state index in [4.69, 9.17) is 18.7 Å². The van der Waals surface area contributed by atoms with Gasteiger partial charge in [0.1, 0.15) is 0 Å². The first-order valence-corrected chi connectivity index (χ1v) is 9.64. The number of carbonyl (C=O) groups excluding carboxylic acids is 1. The second kappa shape index (κ2) is 9.78. The molecular formula is C22H25N3O5. The van der Waals surface area contributed by atoms with Gasteiger partial charge in [0.25, 0.3) is 5.89 Å². The molecule has 0 bridgehead atoms.